The SMILES string of the molecule is COc1ccccc1C(O)CNCCCCCCN1CCSC1. The Labute approximate surface area is 144 Å². The molecule has 1 fully saturated rings. The molecule has 1 aliphatic rings. The van der Waals surface area contributed by atoms with Crippen LogP contribution in [0.15, 0.2) is 24.3 Å². The molecule has 1 aromatic carbocycles. The Bertz CT molecular complexity index is 439. The molecule has 1 saturated heterocycles. The van der Waals surface area contributed by atoms with Crippen LogP contribution in [0.5, 0.6) is 5.75 Å². The van der Waals surface area contributed by atoms with Gasteiger partial charge in [-0.1, -0.05) is 31.0 Å². The van der Waals surface area contributed by atoms with Gasteiger partial charge < -0.3 is 15.2 Å². The summed E-state index contributed by atoms with van der Waals surface area (Å²) in [7, 11) is 1.64. The normalized spacial score (nSPS) is 16.6. The van der Waals surface area contributed by atoms with Gasteiger partial charge in [-0.25, -0.2) is 0 Å². The molecular formula is C18H30N2O2S. The van der Waals surface area contributed by atoms with E-state index in [4.69, 9.17) is 4.74 Å². The molecule has 1 unspecified atom stereocenters. The second-order valence-electron chi connectivity index (χ2n) is 6.03. The van der Waals surface area contributed by atoms with Gasteiger partial charge >= 0.3 is 0 Å². The van der Waals surface area contributed by atoms with Gasteiger partial charge in [-0.05, 0) is 32.0 Å². The third kappa shape index (κ3) is 6.71. The minimum absolute atomic E-state index is 0.515. The largest absolute Gasteiger partial charge is 0.496 e. The molecule has 23 heavy (non-hydrogen) atoms. The number of hydrogen-bond acceptors (Lipinski definition) is 5. The summed E-state index contributed by atoms with van der Waals surface area (Å²) < 4.78 is 5.29. The molecule has 2 rings (SSSR count). The van der Waals surface area contributed by atoms with Gasteiger partial charge in [0.05, 0.1) is 13.2 Å². The van der Waals surface area contributed by atoms with Gasteiger partial charge in [-0.3, -0.25) is 4.90 Å². The average molecular weight is 339 g/mol. The van der Waals surface area contributed by atoms with Crippen molar-refractivity contribution in [2.75, 3.05) is 44.9 Å². The quantitative estimate of drug-likeness (QED) is 0.608. The first kappa shape index (κ1) is 18.6. The summed E-state index contributed by atoms with van der Waals surface area (Å²) in [5.74, 6) is 3.28. The molecule has 1 atom stereocenters. The van der Waals surface area contributed by atoms with Gasteiger partial charge in [0.25, 0.3) is 0 Å². The van der Waals surface area contributed by atoms with E-state index in [-0.39, 0.29) is 0 Å². The Kier molecular flexibility index (Phi) is 8.82. The van der Waals surface area contributed by atoms with Crippen molar-refractivity contribution in [2.24, 2.45) is 0 Å². The number of benzene rings is 1. The third-order valence-electron chi connectivity index (χ3n) is 4.24. The molecule has 130 valence electrons. The highest BCUT2D eigenvalue weighted by atomic mass is 32.2. The Morgan fingerprint density at radius 2 is 2.09 bits per heavy atom. The Hall–Kier alpha value is -0.750. The summed E-state index contributed by atoms with van der Waals surface area (Å²) in [6.07, 6.45) is 4.54. The topological polar surface area (TPSA) is 44.7 Å². The van der Waals surface area contributed by atoms with Gasteiger partial charge in [-0.2, -0.15) is 0 Å². The lowest BCUT2D eigenvalue weighted by atomic mass is 10.1. The summed E-state index contributed by atoms with van der Waals surface area (Å²) in [4.78, 5) is 2.55. The maximum absolute atomic E-state index is 10.2. The smallest absolute Gasteiger partial charge is 0.124 e. The number of ether oxygens (including phenoxy) is 1. The fourth-order valence-electron chi connectivity index (χ4n) is 2.86. The first-order chi connectivity index (χ1) is 11.3. The molecule has 0 aliphatic carbocycles. The third-order valence-corrected chi connectivity index (χ3v) is 5.26. The number of aliphatic hydroxyl groups excluding tert-OH is 1. The van der Waals surface area contributed by atoms with Crippen LogP contribution < -0.4 is 10.1 Å². The maximum Gasteiger partial charge on any atom is 0.124 e. The lowest BCUT2D eigenvalue weighted by Crippen LogP contribution is -2.23. The summed E-state index contributed by atoms with van der Waals surface area (Å²) in [6, 6.07) is 7.66. The van der Waals surface area contributed by atoms with Crippen LogP contribution in [-0.4, -0.2) is 54.9 Å². The van der Waals surface area contributed by atoms with E-state index in [1.165, 1.54) is 50.4 Å². The monoisotopic (exact) mass is 338 g/mol. The van der Waals surface area contributed by atoms with Crippen molar-refractivity contribution in [1.29, 1.82) is 0 Å². The van der Waals surface area contributed by atoms with E-state index in [2.05, 4.69) is 10.2 Å². The number of unbranched alkanes of at least 4 members (excludes halogenated alkanes) is 3. The molecule has 0 radical (unpaired) electrons. The second-order valence-corrected chi connectivity index (χ2v) is 7.11. The van der Waals surface area contributed by atoms with E-state index < -0.39 is 6.10 Å². The second kappa shape index (κ2) is 10.9. The van der Waals surface area contributed by atoms with Gasteiger partial charge in [0.1, 0.15) is 5.75 Å². The predicted octanol–water partition coefficient (Wildman–Crippen LogP) is 2.88. The molecular weight excluding hydrogens is 308 g/mol. The van der Waals surface area contributed by atoms with Crippen LogP contribution in [0.4, 0.5) is 0 Å². The van der Waals surface area contributed by atoms with Crippen molar-refractivity contribution < 1.29 is 9.84 Å². The molecule has 4 nitrogen and oxygen atoms in total. The first-order valence-corrected chi connectivity index (χ1v) is 9.78. The highest BCUT2D eigenvalue weighted by molar-refractivity contribution is 7.99. The van der Waals surface area contributed by atoms with Crippen molar-refractivity contribution in [3.8, 4) is 5.75 Å². The molecule has 2 N–H and O–H groups in total. The number of thioether (sulfide) groups is 1. The molecule has 0 saturated carbocycles. The lowest BCUT2D eigenvalue weighted by Gasteiger charge is -2.15. The van der Waals surface area contributed by atoms with E-state index in [0.29, 0.717) is 6.54 Å². The molecule has 0 aromatic heterocycles. The van der Waals surface area contributed by atoms with Crippen LogP contribution in [0.1, 0.15) is 37.4 Å². The molecule has 1 aromatic rings. The fourth-order valence-corrected chi connectivity index (χ4v) is 3.89. The van der Waals surface area contributed by atoms with Gasteiger partial charge in [0, 0.05) is 30.3 Å². The van der Waals surface area contributed by atoms with Gasteiger partial charge in [0.2, 0.25) is 0 Å². The predicted molar refractivity (Wildman–Crippen MR) is 98.2 cm³/mol. The number of nitrogens with zero attached hydrogens (tertiary/aromatic N) is 1. The van der Waals surface area contributed by atoms with Crippen LogP contribution in [0.2, 0.25) is 0 Å². The zero-order valence-electron chi connectivity index (χ0n) is 14.2. The number of nitrogens with one attached hydrogen (secondary N) is 1. The molecule has 0 amide bonds. The van der Waals surface area contributed by atoms with Crippen molar-refractivity contribution >= 4 is 11.8 Å². The molecule has 5 heteroatoms. The number of rotatable bonds is 11. The van der Waals surface area contributed by atoms with Crippen LogP contribution in [0.25, 0.3) is 0 Å². The molecule has 0 bridgehead atoms. The molecule has 0 spiro atoms. The number of methoxy groups -OCH3 is 1. The zero-order chi connectivity index (χ0) is 16.3. The van der Waals surface area contributed by atoms with E-state index in [9.17, 15) is 5.11 Å². The summed E-state index contributed by atoms with van der Waals surface area (Å²) in [5, 5.41) is 13.6. The number of para-hydroxylation sites is 1. The Morgan fingerprint density at radius 3 is 2.87 bits per heavy atom. The molecule has 1 heterocycles. The van der Waals surface area contributed by atoms with Crippen LogP contribution >= 0.6 is 11.8 Å². The standard InChI is InChI=1S/C18H30N2O2S/c1-22-18-9-5-4-8-16(18)17(21)14-19-10-6-2-3-7-11-20-12-13-23-15-20/h4-5,8-9,17,19,21H,2-3,6-7,10-15H2,1H3. The van der Waals surface area contributed by atoms with E-state index in [0.717, 1.165) is 17.9 Å². The fraction of sp³-hybridized carbons (Fsp3) is 0.667. The summed E-state index contributed by atoms with van der Waals surface area (Å²) in [6.45, 7) is 4.07. The van der Waals surface area contributed by atoms with Crippen molar-refractivity contribution in [1.82, 2.24) is 10.2 Å². The van der Waals surface area contributed by atoms with Crippen LogP contribution in [0.3, 0.4) is 0 Å². The maximum atomic E-state index is 10.2. The van der Waals surface area contributed by atoms with Crippen LogP contribution in [0, 0.1) is 0 Å². The lowest BCUT2D eigenvalue weighted by molar-refractivity contribution is 0.170. The van der Waals surface area contributed by atoms with E-state index in [1.54, 1.807) is 7.11 Å². The number of aliphatic hydroxyl groups is 1. The zero-order valence-corrected chi connectivity index (χ0v) is 15.0. The minimum Gasteiger partial charge on any atom is -0.496 e. The van der Waals surface area contributed by atoms with Gasteiger partial charge in [0.15, 0.2) is 0 Å². The van der Waals surface area contributed by atoms with Crippen molar-refractivity contribution in [3.63, 3.8) is 0 Å². The Morgan fingerprint density at radius 1 is 1.26 bits per heavy atom. The average Bonchev–Trinajstić information content (AvgIpc) is 3.10. The van der Waals surface area contributed by atoms with E-state index in [1.807, 2.05) is 36.0 Å². The first-order valence-electron chi connectivity index (χ1n) is 8.63. The van der Waals surface area contributed by atoms with Crippen molar-refractivity contribution in [3.05, 3.63) is 29.8 Å². The number of hydrogen-bond donors (Lipinski definition) is 2. The van der Waals surface area contributed by atoms with Crippen molar-refractivity contribution in [2.45, 2.75) is 31.8 Å². The minimum atomic E-state index is -0.515. The Balaban J connectivity index is 1.49. The highest BCUT2D eigenvalue weighted by Crippen LogP contribution is 2.24. The van der Waals surface area contributed by atoms with Gasteiger partial charge in [-0.15, -0.1) is 11.8 Å². The highest BCUT2D eigenvalue weighted by Gasteiger charge is 2.12. The van der Waals surface area contributed by atoms with Crippen LogP contribution in [-0.2, 0) is 0 Å². The summed E-state index contributed by atoms with van der Waals surface area (Å²) >= 11 is 2.04. The van der Waals surface area contributed by atoms with E-state index >= 15 is 0 Å². The summed E-state index contributed by atoms with van der Waals surface area (Å²) in [5.41, 5.74) is 0.853. The molecule has 1 aliphatic heterocycles.